The van der Waals surface area contributed by atoms with E-state index in [1.807, 2.05) is 0 Å². The summed E-state index contributed by atoms with van der Waals surface area (Å²) in [6, 6.07) is 11.0. The summed E-state index contributed by atoms with van der Waals surface area (Å²) in [5.41, 5.74) is 1.79. The van der Waals surface area contributed by atoms with Crippen molar-refractivity contribution >= 4 is 29.9 Å². The molecule has 3 nitrogen and oxygen atoms in total. The van der Waals surface area contributed by atoms with E-state index in [1.54, 1.807) is 0 Å². The fourth-order valence-corrected chi connectivity index (χ4v) is 3.31. The Balaban J connectivity index is 0.00000147. The van der Waals surface area contributed by atoms with Gasteiger partial charge in [0.15, 0.2) is 5.96 Å². The van der Waals surface area contributed by atoms with Gasteiger partial charge in [-0.05, 0) is 24.8 Å². The van der Waals surface area contributed by atoms with Crippen molar-refractivity contribution in [2.75, 3.05) is 19.6 Å². The Labute approximate surface area is 138 Å². The molecule has 1 saturated carbocycles. The van der Waals surface area contributed by atoms with Crippen LogP contribution >= 0.6 is 24.0 Å². The van der Waals surface area contributed by atoms with Crippen LogP contribution in [0.3, 0.4) is 0 Å². The highest BCUT2D eigenvalue weighted by atomic mass is 127. The summed E-state index contributed by atoms with van der Waals surface area (Å²) in [5.74, 6) is 0.994. The molecular weight excluding hydrogens is 361 g/mol. The van der Waals surface area contributed by atoms with Gasteiger partial charge in [0.1, 0.15) is 0 Å². The van der Waals surface area contributed by atoms with Crippen LogP contribution in [0.1, 0.15) is 37.7 Å². The van der Waals surface area contributed by atoms with Crippen molar-refractivity contribution in [1.82, 2.24) is 10.6 Å². The van der Waals surface area contributed by atoms with Gasteiger partial charge in [0.25, 0.3) is 0 Å². The highest BCUT2D eigenvalue weighted by Gasteiger charge is 2.35. The summed E-state index contributed by atoms with van der Waals surface area (Å²) in [4.78, 5) is 4.51. The molecule has 0 unspecified atom stereocenters. The zero-order valence-electron chi connectivity index (χ0n) is 11.9. The van der Waals surface area contributed by atoms with E-state index in [4.69, 9.17) is 0 Å². The van der Waals surface area contributed by atoms with Gasteiger partial charge >= 0.3 is 0 Å². The lowest BCUT2D eigenvalue weighted by Crippen LogP contribution is -2.46. The Kier molecular flexibility index (Phi) is 5.69. The number of guanidine groups is 1. The molecular formula is C16H24IN3. The molecule has 110 valence electrons. The SMILES string of the molecule is I.c1ccc(C2(CNC3=NCCCN3)CCCC2)cc1. The predicted molar refractivity (Wildman–Crippen MR) is 94.9 cm³/mol. The average molecular weight is 385 g/mol. The average Bonchev–Trinajstić information content (AvgIpc) is 2.97. The third kappa shape index (κ3) is 3.45. The molecule has 0 atom stereocenters. The molecule has 2 aliphatic rings. The van der Waals surface area contributed by atoms with E-state index in [0.717, 1.165) is 32.0 Å². The Morgan fingerprint density at radius 2 is 1.85 bits per heavy atom. The van der Waals surface area contributed by atoms with Crippen LogP contribution in [0.15, 0.2) is 35.3 Å². The van der Waals surface area contributed by atoms with Crippen molar-refractivity contribution in [1.29, 1.82) is 0 Å². The van der Waals surface area contributed by atoms with Crippen molar-refractivity contribution in [3.63, 3.8) is 0 Å². The van der Waals surface area contributed by atoms with Crippen molar-refractivity contribution in [3.8, 4) is 0 Å². The molecule has 20 heavy (non-hydrogen) atoms. The molecule has 1 aromatic rings. The number of rotatable bonds is 3. The lowest BCUT2D eigenvalue weighted by atomic mass is 9.79. The molecule has 1 heterocycles. The first-order valence-corrected chi connectivity index (χ1v) is 7.47. The predicted octanol–water partition coefficient (Wildman–Crippen LogP) is 3.06. The van der Waals surface area contributed by atoms with Crippen LogP contribution in [0.25, 0.3) is 0 Å². The van der Waals surface area contributed by atoms with Crippen LogP contribution in [0, 0.1) is 0 Å². The molecule has 0 aromatic heterocycles. The van der Waals surface area contributed by atoms with E-state index in [0.29, 0.717) is 5.41 Å². The van der Waals surface area contributed by atoms with E-state index in [-0.39, 0.29) is 24.0 Å². The molecule has 1 fully saturated rings. The van der Waals surface area contributed by atoms with Crippen LogP contribution in [-0.4, -0.2) is 25.6 Å². The van der Waals surface area contributed by atoms with Crippen molar-refractivity contribution in [2.45, 2.75) is 37.5 Å². The first-order chi connectivity index (χ1) is 9.39. The number of benzene rings is 1. The van der Waals surface area contributed by atoms with Gasteiger partial charge < -0.3 is 10.6 Å². The fraction of sp³-hybridized carbons (Fsp3) is 0.562. The van der Waals surface area contributed by atoms with Gasteiger partial charge in [-0.3, -0.25) is 4.99 Å². The Bertz CT molecular complexity index is 438. The number of hydrogen-bond acceptors (Lipinski definition) is 3. The summed E-state index contributed by atoms with van der Waals surface area (Å²) >= 11 is 0. The molecule has 0 spiro atoms. The van der Waals surface area contributed by atoms with Gasteiger partial charge in [-0.15, -0.1) is 24.0 Å². The standard InChI is InChI=1S/C16H23N3.HI/c1-2-7-14(8-3-1)16(9-4-5-10-16)13-19-15-17-11-6-12-18-15;/h1-3,7-8H,4-6,9-13H2,(H2,17,18,19);1H. The normalized spacial score (nSPS) is 20.5. The van der Waals surface area contributed by atoms with E-state index in [2.05, 4.69) is 46.0 Å². The van der Waals surface area contributed by atoms with Gasteiger partial charge in [-0.25, -0.2) is 0 Å². The second kappa shape index (κ2) is 7.29. The van der Waals surface area contributed by atoms with Gasteiger partial charge in [-0.1, -0.05) is 43.2 Å². The Morgan fingerprint density at radius 3 is 2.50 bits per heavy atom. The van der Waals surface area contributed by atoms with Gasteiger partial charge in [-0.2, -0.15) is 0 Å². The van der Waals surface area contributed by atoms with Gasteiger partial charge in [0.2, 0.25) is 0 Å². The van der Waals surface area contributed by atoms with E-state index in [1.165, 1.54) is 31.2 Å². The van der Waals surface area contributed by atoms with E-state index >= 15 is 0 Å². The molecule has 0 saturated heterocycles. The third-order valence-electron chi connectivity index (χ3n) is 4.44. The van der Waals surface area contributed by atoms with E-state index < -0.39 is 0 Å². The first kappa shape index (κ1) is 15.6. The molecule has 2 N–H and O–H groups in total. The fourth-order valence-electron chi connectivity index (χ4n) is 3.31. The maximum atomic E-state index is 4.51. The second-order valence-corrected chi connectivity index (χ2v) is 5.72. The topological polar surface area (TPSA) is 36.4 Å². The van der Waals surface area contributed by atoms with Gasteiger partial charge in [0, 0.05) is 25.0 Å². The van der Waals surface area contributed by atoms with E-state index in [9.17, 15) is 0 Å². The Hall–Kier alpha value is -0.780. The molecule has 3 rings (SSSR count). The summed E-state index contributed by atoms with van der Waals surface area (Å²) in [7, 11) is 0. The van der Waals surface area contributed by atoms with Crippen LogP contribution in [0.2, 0.25) is 0 Å². The monoisotopic (exact) mass is 385 g/mol. The molecule has 1 aliphatic heterocycles. The maximum Gasteiger partial charge on any atom is 0.191 e. The summed E-state index contributed by atoms with van der Waals surface area (Å²) in [6.45, 7) is 3.00. The van der Waals surface area contributed by atoms with Crippen molar-refractivity contribution < 1.29 is 0 Å². The number of aliphatic imine (C=N–C) groups is 1. The van der Waals surface area contributed by atoms with Crippen molar-refractivity contribution in [2.24, 2.45) is 4.99 Å². The quantitative estimate of drug-likeness (QED) is 0.785. The summed E-state index contributed by atoms with van der Waals surface area (Å²) in [6.07, 6.45) is 6.41. The second-order valence-electron chi connectivity index (χ2n) is 5.72. The lowest BCUT2D eigenvalue weighted by molar-refractivity contribution is 0.430. The smallest absolute Gasteiger partial charge is 0.191 e. The van der Waals surface area contributed by atoms with Crippen LogP contribution < -0.4 is 10.6 Å². The number of nitrogens with zero attached hydrogens (tertiary/aromatic N) is 1. The van der Waals surface area contributed by atoms with Crippen LogP contribution in [0.5, 0.6) is 0 Å². The summed E-state index contributed by atoms with van der Waals surface area (Å²) < 4.78 is 0. The molecule has 0 bridgehead atoms. The maximum absolute atomic E-state index is 4.51. The first-order valence-electron chi connectivity index (χ1n) is 7.47. The molecule has 0 radical (unpaired) electrons. The molecule has 0 amide bonds. The largest absolute Gasteiger partial charge is 0.356 e. The number of hydrogen-bond donors (Lipinski definition) is 2. The zero-order valence-corrected chi connectivity index (χ0v) is 14.2. The third-order valence-corrected chi connectivity index (χ3v) is 4.44. The molecule has 4 heteroatoms. The minimum Gasteiger partial charge on any atom is -0.356 e. The molecule has 1 aliphatic carbocycles. The zero-order chi connectivity index (χ0) is 13.0. The minimum atomic E-state index is 0. The number of halogens is 1. The highest BCUT2D eigenvalue weighted by Crippen LogP contribution is 2.40. The highest BCUT2D eigenvalue weighted by molar-refractivity contribution is 14.0. The number of nitrogens with one attached hydrogen (secondary N) is 2. The molecule has 1 aromatic carbocycles. The van der Waals surface area contributed by atoms with Gasteiger partial charge in [0.05, 0.1) is 0 Å². The lowest BCUT2D eigenvalue weighted by Gasteiger charge is -2.31. The van der Waals surface area contributed by atoms with Crippen LogP contribution in [0.4, 0.5) is 0 Å². The minimum absolute atomic E-state index is 0. The van der Waals surface area contributed by atoms with Crippen molar-refractivity contribution in [3.05, 3.63) is 35.9 Å². The van der Waals surface area contributed by atoms with Crippen LogP contribution in [-0.2, 0) is 5.41 Å². The summed E-state index contributed by atoms with van der Waals surface area (Å²) in [5, 5.41) is 6.89. The Morgan fingerprint density at radius 1 is 1.10 bits per heavy atom.